The number of rotatable bonds is 3. The highest BCUT2D eigenvalue weighted by atomic mass is 16.6. The number of Topliss-reactive ketones (excluding diaryl/α,β-unsaturated/α-hetero) is 1. The first-order chi connectivity index (χ1) is 8.20. The van der Waals surface area contributed by atoms with Gasteiger partial charge in [-0.1, -0.05) is 0 Å². The first kappa shape index (κ1) is 13.8. The minimum absolute atomic E-state index is 0.0231. The van der Waals surface area contributed by atoms with E-state index in [2.05, 4.69) is 0 Å². The fourth-order valence-electron chi connectivity index (χ4n) is 2.27. The van der Waals surface area contributed by atoms with Crippen LogP contribution in [0.1, 0.15) is 34.0 Å². The van der Waals surface area contributed by atoms with Crippen molar-refractivity contribution in [2.45, 2.75) is 27.7 Å². The fraction of sp³-hybridized carbons (Fsp3) is 0.364. The highest BCUT2D eigenvalue weighted by Crippen LogP contribution is 2.37. The maximum absolute atomic E-state index is 11.5. The molecule has 0 heterocycles. The summed E-state index contributed by atoms with van der Waals surface area (Å²) in [5, 5.41) is 22.0. The van der Waals surface area contributed by atoms with Crippen molar-refractivity contribution in [3.63, 3.8) is 0 Å². The average Bonchev–Trinajstić information content (AvgIpc) is 2.14. The summed E-state index contributed by atoms with van der Waals surface area (Å²) < 4.78 is 0. The second-order valence-electron chi connectivity index (χ2n) is 4.02. The van der Waals surface area contributed by atoms with Gasteiger partial charge in [-0.3, -0.25) is 25.0 Å². The van der Waals surface area contributed by atoms with E-state index in [-0.39, 0.29) is 33.6 Å². The van der Waals surface area contributed by atoms with Crippen molar-refractivity contribution in [2.24, 2.45) is 0 Å². The molecule has 1 rings (SSSR count). The lowest BCUT2D eigenvalue weighted by Crippen LogP contribution is -2.09. The lowest BCUT2D eigenvalue weighted by molar-refractivity contribution is -0.396. The quantitative estimate of drug-likeness (QED) is 0.467. The van der Waals surface area contributed by atoms with Crippen molar-refractivity contribution in [1.29, 1.82) is 0 Å². The van der Waals surface area contributed by atoms with Gasteiger partial charge in [0.2, 0.25) is 0 Å². The first-order valence-electron chi connectivity index (χ1n) is 5.13. The molecule has 0 spiro atoms. The Bertz CT molecular complexity index is 475. The number of hydrogen-bond acceptors (Lipinski definition) is 5. The zero-order valence-electron chi connectivity index (χ0n) is 10.4. The topological polar surface area (TPSA) is 103 Å². The van der Waals surface area contributed by atoms with Gasteiger partial charge in [0.05, 0.1) is 9.85 Å². The summed E-state index contributed by atoms with van der Waals surface area (Å²) in [6.45, 7) is 5.41. The van der Waals surface area contributed by atoms with E-state index in [4.69, 9.17) is 0 Å². The van der Waals surface area contributed by atoms with Crippen molar-refractivity contribution in [1.82, 2.24) is 0 Å². The maximum atomic E-state index is 11.5. The molecule has 0 saturated heterocycles. The van der Waals surface area contributed by atoms with Gasteiger partial charge in [0, 0.05) is 16.7 Å². The molecule has 0 atom stereocenters. The van der Waals surface area contributed by atoms with Gasteiger partial charge in [0.1, 0.15) is 5.56 Å². The van der Waals surface area contributed by atoms with E-state index in [0.29, 0.717) is 0 Å². The van der Waals surface area contributed by atoms with Crippen molar-refractivity contribution in [3.8, 4) is 0 Å². The van der Waals surface area contributed by atoms with Crippen LogP contribution in [0.15, 0.2) is 0 Å². The standard InChI is InChI=1S/C11H12N2O5/c1-5-9(8(4)14)6(2)11(13(17)18)7(3)10(5)12(15)16/h1-4H3. The smallest absolute Gasteiger partial charge is 0.282 e. The third-order valence-corrected chi connectivity index (χ3v) is 2.89. The molecule has 7 nitrogen and oxygen atoms in total. The highest BCUT2D eigenvalue weighted by Gasteiger charge is 2.31. The van der Waals surface area contributed by atoms with Gasteiger partial charge < -0.3 is 0 Å². The van der Waals surface area contributed by atoms with E-state index in [1.165, 1.54) is 27.7 Å². The summed E-state index contributed by atoms with van der Waals surface area (Å²) in [6.07, 6.45) is 0. The molecule has 7 heteroatoms. The van der Waals surface area contributed by atoms with Crippen molar-refractivity contribution in [3.05, 3.63) is 42.5 Å². The van der Waals surface area contributed by atoms with Gasteiger partial charge in [-0.2, -0.15) is 0 Å². The summed E-state index contributed by atoms with van der Waals surface area (Å²) in [5.41, 5.74) is -0.347. The van der Waals surface area contributed by atoms with E-state index >= 15 is 0 Å². The van der Waals surface area contributed by atoms with Gasteiger partial charge in [0.15, 0.2) is 5.78 Å². The molecule has 0 unspecified atom stereocenters. The van der Waals surface area contributed by atoms with Crippen LogP contribution in [0.25, 0.3) is 0 Å². The number of nitrogens with zero attached hydrogens (tertiary/aromatic N) is 2. The number of benzene rings is 1. The number of carbonyl (C=O) groups is 1. The molecule has 0 N–H and O–H groups in total. The van der Waals surface area contributed by atoms with Crippen LogP contribution in [-0.4, -0.2) is 15.6 Å². The molecule has 1 aromatic rings. The second kappa shape index (κ2) is 4.52. The van der Waals surface area contributed by atoms with Crippen molar-refractivity contribution < 1.29 is 14.6 Å². The van der Waals surface area contributed by atoms with Gasteiger partial charge in [-0.15, -0.1) is 0 Å². The lowest BCUT2D eigenvalue weighted by Gasteiger charge is -2.10. The minimum atomic E-state index is -0.691. The third-order valence-electron chi connectivity index (χ3n) is 2.89. The molecule has 0 fully saturated rings. The second-order valence-corrected chi connectivity index (χ2v) is 4.02. The predicted molar refractivity (Wildman–Crippen MR) is 64.0 cm³/mol. The Morgan fingerprint density at radius 3 is 1.44 bits per heavy atom. The fourth-order valence-corrected chi connectivity index (χ4v) is 2.27. The molecule has 96 valence electrons. The summed E-state index contributed by atoms with van der Waals surface area (Å²) in [4.78, 5) is 32.1. The monoisotopic (exact) mass is 252 g/mol. The number of ketones is 1. The Morgan fingerprint density at radius 2 is 1.22 bits per heavy atom. The molecule has 0 saturated carbocycles. The Labute approximate surface area is 103 Å². The van der Waals surface area contributed by atoms with E-state index in [0.717, 1.165) is 0 Å². The molecule has 0 amide bonds. The maximum Gasteiger partial charge on any atom is 0.282 e. The molecule has 18 heavy (non-hydrogen) atoms. The van der Waals surface area contributed by atoms with Crippen LogP contribution in [0.4, 0.5) is 11.4 Å². The van der Waals surface area contributed by atoms with Gasteiger partial charge >= 0.3 is 0 Å². The molecule has 0 radical (unpaired) electrons. The molecular weight excluding hydrogens is 240 g/mol. The summed E-state index contributed by atoms with van der Waals surface area (Å²) in [5.74, 6) is -0.420. The van der Waals surface area contributed by atoms with Crippen LogP contribution in [0, 0.1) is 41.0 Å². The molecule has 0 bridgehead atoms. The number of carbonyl (C=O) groups excluding carboxylic acids is 1. The molecule has 0 aromatic heterocycles. The first-order valence-corrected chi connectivity index (χ1v) is 5.13. The summed E-state index contributed by atoms with van der Waals surface area (Å²) >= 11 is 0. The SMILES string of the molecule is CC(=O)c1c(C)c([N+](=O)[O-])c(C)c([N+](=O)[O-])c1C. The van der Waals surface area contributed by atoms with E-state index in [9.17, 15) is 25.0 Å². The molecule has 1 aromatic carbocycles. The zero-order chi connectivity index (χ0) is 14.2. The molecule has 0 aliphatic heterocycles. The van der Waals surface area contributed by atoms with Crippen LogP contribution in [0.2, 0.25) is 0 Å². The molecule has 0 aliphatic rings. The Kier molecular flexibility index (Phi) is 3.45. The normalized spacial score (nSPS) is 10.2. The van der Waals surface area contributed by atoms with E-state index in [1.807, 2.05) is 0 Å². The molecular formula is C11H12N2O5. The Balaban J connectivity index is 3.94. The van der Waals surface area contributed by atoms with Crippen LogP contribution < -0.4 is 0 Å². The highest BCUT2D eigenvalue weighted by molar-refractivity contribution is 5.99. The number of nitro benzene ring substituents is 2. The van der Waals surface area contributed by atoms with Crippen LogP contribution >= 0.6 is 0 Å². The van der Waals surface area contributed by atoms with E-state index < -0.39 is 15.6 Å². The lowest BCUT2D eigenvalue weighted by atomic mass is 9.93. The van der Waals surface area contributed by atoms with Crippen LogP contribution in [-0.2, 0) is 0 Å². The van der Waals surface area contributed by atoms with E-state index in [1.54, 1.807) is 0 Å². The van der Waals surface area contributed by atoms with Crippen molar-refractivity contribution in [2.75, 3.05) is 0 Å². The summed E-state index contributed by atoms with van der Waals surface area (Å²) in [6, 6.07) is 0. The van der Waals surface area contributed by atoms with Gasteiger partial charge in [0.25, 0.3) is 11.4 Å². The third kappa shape index (κ3) is 1.94. The molecule has 0 aliphatic carbocycles. The average molecular weight is 252 g/mol. The predicted octanol–water partition coefficient (Wildman–Crippen LogP) is 2.63. The minimum Gasteiger partial charge on any atom is -0.294 e. The van der Waals surface area contributed by atoms with Crippen LogP contribution in [0.3, 0.4) is 0 Å². The van der Waals surface area contributed by atoms with Gasteiger partial charge in [-0.05, 0) is 27.7 Å². The zero-order valence-corrected chi connectivity index (χ0v) is 10.4. The Morgan fingerprint density at radius 1 is 0.889 bits per heavy atom. The largest absolute Gasteiger partial charge is 0.294 e. The van der Waals surface area contributed by atoms with Crippen molar-refractivity contribution >= 4 is 17.2 Å². The number of hydrogen-bond donors (Lipinski definition) is 0. The van der Waals surface area contributed by atoms with Crippen LogP contribution in [0.5, 0.6) is 0 Å². The Hall–Kier alpha value is -2.31. The van der Waals surface area contributed by atoms with Gasteiger partial charge in [-0.25, -0.2) is 0 Å². The summed E-state index contributed by atoms with van der Waals surface area (Å²) in [7, 11) is 0. The number of nitro groups is 2.